The smallest absolute Gasteiger partial charge is 0.349 e. The van der Waals surface area contributed by atoms with Crippen LogP contribution in [0.15, 0.2) is 35.7 Å². The summed E-state index contributed by atoms with van der Waals surface area (Å²) in [5.41, 5.74) is 1.56. The van der Waals surface area contributed by atoms with E-state index in [-0.39, 0.29) is 0 Å². The van der Waals surface area contributed by atoms with Gasteiger partial charge in [-0.05, 0) is 43.0 Å². The van der Waals surface area contributed by atoms with E-state index in [1.54, 1.807) is 36.6 Å². The molecule has 0 spiro atoms. The number of hydrogen-bond donors (Lipinski definition) is 1. The zero-order chi connectivity index (χ0) is 16.1. The lowest BCUT2D eigenvalue weighted by atomic mass is 10.2. The molecular weight excluding hydrogens is 300 g/mol. The van der Waals surface area contributed by atoms with Crippen molar-refractivity contribution in [2.75, 3.05) is 5.32 Å². The Morgan fingerprint density at radius 2 is 2.05 bits per heavy atom. The number of hydrogen-bond acceptors (Lipinski definition) is 5. The Morgan fingerprint density at radius 3 is 2.68 bits per heavy atom. The average Bonchev–Trinajstić information content (AvgIpc) is 2.93. The summed E-state index contributed by atoms with van der Waals surface area (Å²) in [5.74, 6) is -1.01. The van der Waals surface area contributed by atoms with Crippen LogP contribution in [0, 0.1) is 18.3 Å². The van der Waals surface area contributed by atoms with E-state index in [0.717, 1.165) is 5.56 Å². The third-order valence-corrected chi connectivity index (χ3v) is 4.00. The fourth-order valence-electron chi connectivity index (χ4n) is 1.77. The van der Waals surface area contributed by atoms with Crippen LogP contribution in [0.4, 0.5) is 5.69 Å². The molecule has 0 saturated carbocycles. The number of benzene rings is 1. The predicted octanol–water partition coefficient (Wildman–Crippen LogP) is 3.11. The Kier molecular flexibility index (Phi) is 4.92. The molecule has 1 amide bonds. The largest absolute Gasteiger partial charge is 0.448 e. The molecule has 1 aromatic heterocycles. The molecule has 22 heavy (non-hydrogen) atoms. The summed E-state index contributed by atoms with van der Waals surface area (Å²) in [6.45, 7) is 3.30. The average molecular weight is 314 g/mol. The van der Waals surface area contributed by atoms with Crippen LogP contribution < -0.4 is 5.32 Å². The lowest BCUT2D eigenvalue weighted by molar-refractivity contribution is -0.123. The Bertz CT molecular complexity index is 746. The number of nitriles is 1. The molecule has 112 valence electrons. The summed E-state index contributed by atoms with van der Waals surface area (Å²) < 4.78 is 5.16. The second-order valence-corrected chi connectivity index (χ2v) is 5.54. The first-order chi connectivity index (χ1) is 10.5. The molecular formula is C16H14N2O3S. The number of nitrogens with one attached hydrogen (secondary N) is 1. The van der Waals surface area contributed by atoms with Crippen molar-refractivity contribution in [3.8, 4) is 6.07 Å². The number of para-hydroxylation sites is 1. The molecule has 1 aromatic carbocycles. The fourth-order valence-corrected chi connectivity index (χ4v) is 2.58. The highest BCUT2D eigenvalue weighted by atomic mass is 32.1. The van der Waals surface area contributed by atoms with Gasteiger partial charge in [-0.3, -0.25) is 4.79 Å². The molecule has 0 saturated heterocycles. The Hall–Kier alpha value is -2.65. The number of anilines is 1. The maximum absolute atomic E-state index is 12.1. The third-order valence-electron chi connectivity index (χ3n) is 3.01. The molecule has 0 bridgehead atoms. The molecule has 0 unspecified atom stereocenters. The maximum atomic E-state index is 12.1. The minimum absolute atomic E-state index is 0.350. The van der Waals surface area contributed by atoms with Crippen molar-refractivity contribution in [2.45, 2.75) is 20.0 Å². The van der Waals surface area contributed by atoms with Gasteiger partial charge in [0, 0.05) is 0 Å². The molecule has 0 aliphatic heterocycles. The van der Waals surface area contributed by atoms with Crippen LogP contribution in [0.5, 0.6) is 0 Å². The fraction of sp³-hybridized carbons (Fsp3) is 0.188. The van der Waals surface area contributed by atoms with Gasteiger partial charge in [0.1, 0.15) is 10.9 Å². The quantitative estimate of drug-likeness (QED) is 0.879. The molecule has 1 atom stereocenters. The van der Waals surface area contributed by atoms with E-state index in [2.05, 4.69) is 5.32 Å². The van der Waals surface area contributed by atoms with Gasteiger partial charge in [-0.2, -0.15) is 5.26 Å². The first-order valence-electron chi connectivity index (χ1n) is 6.58. The molecule has 0 aliphatic rings. The van der Waals surface area contributed by atoms with E-state index in [1.807, 2.05) is 12.1 Å². The van der Waals surface area contributed by atoms with Gasteiger partial charge in [0.05, 0.1) is 11.3 Å². The normalized spacial score (nSPS) is 11.3. The monoisotopic (exact) mass is 314 g/mol. The topological polar surface area (TPSA) is 79.2 Å². The van der Waals surface area contributed by atoms with Crippen LogP contribution in [0.1, 0.15) is 27.7 Å². The molecule has 2 aromatic rings. The third kappa shape index (κ3) is 3.51. The Balaban J connectivity index is 2.02. The number of amides is 1. The predicted molar refractivity (Wildman–Crippen MR) is 83.7 cm³/mol. The summed E-state index contributed by atoms with van der Waals surface area (Å²) in [4.78, 5) is 24.5. The highest BCUT2D eigenvalue weighted by molar-refractivity contribution is 7.12. The van der Waals surface area contributed by atoms with Crippen LogP contribution in [0.3, 0.4) is 0 Å². The van der Waals surface area contributed by atoms with Crippen LogP contribution >= 0.6 is 11.3 Å². The van der Waals surface area contributed by atoms with Gasteiger partial charge in [-0.15, -0.1) is 11.3 Å². The Labute approximate surface area is 132 Å². The maximum Gasteiger partial charge on any atom is 0.349 e. The molecule has 5 nitrogen and oxygen atoms in total. The second kappa shape index (κ2) is 6.87. The number of rotatable bonds is 4. The number of aryl methyl sites for hydroxylation is 1. The van der Waals surface area contributed by atoms with E-state index in [0.29, 0.717) is 16.1 Å². The van der Waals surface area contributed by atoms with Crippen molar-refractivity contribution in [3.63, 3.8) is 0 Å². The molecule has 1 N–H and O–H groups in total. The summed E-state index contributed by atoms with van der Waals surface area (Å²) in [7, 11) is 0. The lowest BCUT2D eigenvalue weighted by Gasteiger charge is -2.14. The first-order valence-corrected chi connectivity index (χ1v) is 7.46. The van der Waals surface area contributed by atoms with E-state index in [1.165, 1.54) is 18.3 Å². The standard InChI is InChI=1S/C16H14N2O3S/c1-10-7-8-22-14(10)16(20)21-11(2)15(19)18-13-6-4-3-5-12(13)9-17/h3-8,11H,1-2H3,(H,18,19)/t11-/m0/s1. The van der Waals surface area contributed by atoms with Crippen molar-refractivity contribution < 1.29 is 14.3 Å². The number of thiophene rings is 1. The zero-order valence-electron chi connectivity index (χ0n) is 12.1. The molecule has 0 radical (unpaired) electrons. The van der Waals surface area contributed by atoms with Gasteiger partial charge in [0.15, 0.2) is 6.10 Å². The van der Waals surface area contributed by atoms with Crippen molar-refractivity contribution in [1.29, 1.82) is 5.26 Å². The summed E-state index contributed by atoms with van der Waals surface area (Å²) >= 11 is 1.27. The minimum atomic E-state index is -0.958. The number of ether oxygens (including phenoxy) is 1. The summed E-state index contributed by atoms with van der Waals surface area (Å²) in [5, 5.41) is 13.4. The van der Waals surface area contributed by atoms with Gasteiger partial charge >= 0.3 is 5.97 Å². The molecule has 0 fully saturated rings. The zero-order valence-corrected chi connectivity index (χ0v) is 12.9. The van der Waals surface area contributed by atoms with Crippen LogP contribution in [-0.4, -0.2) is 18.0 Å². The van der Waals surface area contributed by atoms with Gasteiger partial charge < -0.3 is 10.1 Å². The number of carbonyl (C=O) groups is 2. The van der Waals surface area contributed by atoms with Crippen molar-refractivity contribution in [3.05, 3.63) is 51.7 Å². The molecule has 6 heteroatoms. The van der Waals surface area contributed by atoms with Gasteiger partial charge in [-0.1, -0.05) is 12.1 Å². The highest BCUT2D eigenvalue weighted by Crippen LogP contribution is 2.18. The van der Waals surface area contributed by atoms with Crippen molar-refractivity contribution >= 4 is 28.9 Å². The number of carbonyl (C=O) groups excluding carboxylic acids is 2. The molecule has 0 aliphatic carbocycles. The van der Waals surface area contributed by atoms with Crippen molar-refractivity contribution in [2.24, 2.45) is 0 Å². The number of esters is 1. The van der Waals surface area contributed by atoms with E-state index < -0.39 is 18.0 Å². The Morgan fingerprint density at radius 1 is 1.32 bits per heavy atom. The van der Waals surface area contributed by atoms with E-state index in [9.17, 15) is 9.59 Å². The number of nitrogens with zero attached hydrogens (tertiary/aromatic N) is 1. The van der Waals surface area contributed by atoms with Gasteiger partial charge in [0.2, 0.25) is 0 Å². The van der Waals surface area contributed by atoms with Crippen LogP contribution in [0.25, 0.3) is 0 Å². The first kappa shape index (κ1) is 15.7. The van der Waals surface area contributed by atoms with Gasteiger partial charge in [0.25, 0.3) is 5.91 Å². The van der Waals surface area contributed by atoms with Crippen LogP contribution in [0.2, 0.25) is 0 Å². The minimum Gasteiger partial charge on any atom is -0.448 e. The second-order valence-electron chi connectivity index (χ2n) is 4.63. The summed E-state index contributed by atoms with van der Waals surface area (Å²) in [6, 6.07) is 10.4. The van der Waals surface area contributed by atoms with Gasteiger partial charge in [-0.25, -0.2) is 4.79 Å². The molecule has 1 heterocycles. The SMILES string of the molecule is Cc1ccsc1C(=O)O[C@@H](C)C(=O)Nc1ccccc1C#N. The van der Waals surface area contributed by atoms with Crippen molar-refractivity contribution in [1.82, 2.24) is 0 Å². The van der Waals surface area contributed by atoms with E-state index >= 15 is 0 Å². The summed E-state index contributed by atoms with van der Waals surface area (Å²) in [6.07, 6.45) is -0.958. The molecule has 2 rings (SSSR count). The lowest BCUT2D eigenvalue weighted by Crippen LogP contribution is -2.30. The van der Waals surface area contributed by atoms with E-state index in [4.69, 9.17) is 10.00 Å². The van der Waals surface area contributed by atoms with Crippen LogP contribution in [-0.2, 0) is 9.53 Å². The highest BCUT2D eigenvalue weighted by Gasteiger charge is 2.21.